The number of amides is 1. The Labute approximate surface area is 152 Å². The molecule has 0 atom stereocenters. The molecule has 0 unspecified atom stereocenters. The van der Waals surface area contributed by atoms with E-state index < -0.39 is 0 Å². The summed E-state index contributed by atoms with van der Waals surface area (Å²) in [5, 5.41) is 6.04. The maximum atomic E-state index is 12.3. The van der Waals surface area contributed by atoms with Crippen molar-refractivity contribution in [1.82, 2.24) is 20.2 Å². The van der Waals surface area contributed by atoms with E-state index in [4.69, 9.17) is 9.47 Å². The van der Waals surface area contributed by atoms with E-state index in [2.05, 4.69) is 25.5 Å². The topological polar surface area (TPSA) is 88.6 Å². The number of carbonyl (C=O) groups is 1. The molecule has 1 aromatic heterocycles. The minimum absolute atomic E-state index is 0.214. The van der Waals surface area contributed by atoms with Crippen LogP contribution in [0.2, 0.25) is 0 Å². The Morgan fingerprint density at radius 3 is 2.92 bits per heavy atom. The summed E-state index contributed by atoms with van der Waals surface area (Å²) >= 11 is 0. The number of aromatic nitrogens is 2. The normalized spacial score (nSPS) is 14.7. The lowest BCUT2D eigenvalue weighted by Crippen LogP contribution is -2.41. The molecular formula is C18H23N5O3. The lowest BCUT2D eigenvalue weighted by atomic mass is 10.3. The number of rotatable bonds is 7. The third-order valence-corrected chi connectivity index (χ3v) is 4.06. The monoisotopic (exact) mass is 357 g/mol. The number of methoxy groups -OCH3 is 1. The van der Waals surface area contributed by atoms with Gasteiger partial charge in [0.1, 0.15) is 23.6 Å². The third kappa shape index (κ3) is 5.14. The molecule has 0 aliphatic carbocycles. The van der Waals surface area contributed by atoms with E-state index in [1.165, 1.54) is 6.33 Å². The van der Waals surface area contributed by atoms with Crippen LogP contribution in [0.25, 0.3) is 0 Å². The number of ether oxygens (including phenoxy) is 2. The summed E-state index contributed by atoms with van der Waals surface area (Å²) in [5.41, 5.74) is 1.15. The SMILES string of the molecule is COc1cccc(Nc2cc(C(=O)NCCN3CCOCC3)ncn2)c1. The van der Waals surface area contributed by atoms with E-state index in [1.54, 1.807) is 13.2 Å². The summed E-state index contributed by atoms with van der Waals surface area (Å²) in [4.78, 5) is 22.8. The molecule has 1 amide bonds. The Kier molecular flexibility index (Phi) is 6.34. The molecule has 1 aliphatic rings. The van der Waals surface area contributed by atoms with Crippen LogP contribution in [0, 0.1) is 0 Å². The van der Waals surface area contributed by atoms with E-state index >= 15 is 0 Å². The van der Waals surface area contributed by atoms with Crippen LogP contribution in [0.3, 0.4) is 0 Å². The Hall–Kier alpha value is -2.71. The van der Waals surface area contributed by atoms with Crippen LogP contribution in [-0.2, 0) is 4.74 Å². The smallest absolute Gasteiger partial charge is 0.270 e. The fourth-order valence-electron chi connectivity index (χ4n) is 2.64. The van der Waals surface area contributed by atoms with E-state index in [0.717, 1.165) is 44.3 Å². The lowest BCUT2D eigenvalue weighted by Gasteiger charge is -2.26. The van der Waals surface area contributed by atoms with E-state index in [1.807, 2.05) is 24.3 Å². The van der Waals surface area contributed by atoms with E-state index in [9.17, 15) is 4.79 Å². The first-order chi connectivity index (χ1) is 12.7. The van der Waals surface area contributed by atoms with Gasteiger partial charge in [0.05, 0.1) is 20.3 Å². The largest absolute Gasteiger partial charge is 0.497 e. The average molecular weight is 357 g/mol. The van der Waals surface area contributed by atoms with Gasteiger partial charge in [-0.2, -0.15) is 0 Å². The van der Waals surface area contributed by atoms with Crippen molar-refractivity contribution in [1.29, 1.82) is 0 Å². The first-order valence-corrected chi connectivity index (χ1v) is 8.56. The number of anilines is 2. The minimum Gasteiger partial charge on any atom is -0.497 e. The van der Waals surface area contributed by atoms with Crippen LogP contribution in [0.5, 0.6) is 5.75 Å². The summed E-state index contributed by atoms with van der Waals surface area (Å²) < 4.78 is 10.5. The fraction of sp³-hybridized carbons (Fsp3) is 0.389. The molecule has 1 aliphatic heterocycles. The predicted molar refractivity (Wildman–Crippen MR) is 97.9 cm³/mol. The van der Waals surface area contributed by atoms with Crippen LogP contribution >= 0.6 is 0 Å². The quantitative estimate of drug-likeness (QED) is 0.772. The van der Waals surface area contributed by atoms with E-state index in [0.29, 0.717) is 18.1 Å². The van der Waals surface area contributed by atoms with Crippen molar-refractivity contribution in [3.8, 4) is 5.75 Å². The van der Waals surface area contributed by atoms with Crippen molar-refractivity contribution in [3.63, 3.8) is 0 Å². The molecule has 2 aromatic rings. The summed E-state index contributed by atoms with van der Waals surface area (Å²) in [7, 11) is 1.61. The summed E-state index contributed by atoms with van der Waals surface area (Å²) in [6.07, 6.45) is 1.37. The Morgan fingerprint density at radius 2 is 2.12 bits per heavy atom. The van der Waals surface area contributed by atoms with Gasteiger partial charge in [0.15, 0.2) is 0 Å². The molecule has 1 fully saturated rings. The lowest BCUT2D eigenvalue weighted by molar-refractivity contribution is 0.0383. The second-order valence-electron chi connectivity index (χ2n) is 5.86. The van der Waals surface area contributed by atoms with Crippen molar-refractivity contribution in [2.45, 2.75) is 0 Å². The molecule has 1 saturated heterocycles. The minimum atomic E-state index is -0.214. The molecule has 1 aromatic carbocycles. The number of hydrogen-bond donors (Lipinski definition) is 2. The molecule has 8 nitrogen and oxygen atoms in total. The van der Waals surface area contributed by atoms with Crippen molar-refractivity contribution in [2.24, 2.45) is 0 Å². The highest BCUT2D eigenvalue weighted by Crippen LogP contribution is 2.20. The predicted octanol–water partition coefficient (Wildman–Crippen LogP) is 1.29. The van der Waals surface area contributed by atoms with Gasteiger partial charge < -0.3 is 20.1 Å². The Bertz CT molecular complexity index is 734. The number of benzene rings is 1. The van der Waals surface area contributed by atoms with Crippen LogP contribution in [0.15, 0.2) is 36.7 Å². The van der Waals surface area contributed by atoms with Gasteiger partial charge in [-0.25, -0.2) is 9.97 Å². The van der Waals surface area contributed by atoms with Crippen molar-refractivity contribution >= 4 is 17.4 Å². The molecular weight excluding hydrogens is 334 g/mol. The molecule has 3 rings (SSSR count). The van der Waals surface area contributed by atoms with Crippen molar-refractivity contribution in [2.75, 3.05) is 51.8 Å². The third-order valence-electron chi connectivity index (χ3n) is 4.06. The van der Waals surface area contributed by atoms with Crippen LogP contribution in [0.4, 0.5) is 11.5 Å². The van der Waals surface area contributed by atoms with Crippen LogP contribution < -0.4 is 15.4 Å². The molecule has 0 radical (unpaired) electrons. The van der Waals surface area contributed by atoms with Gasteiger partial charge >= 0.3 is 0 Å². The zero-order chi connectivity index (χ0) is 18.2. The second kappa shape index (κ2) is 9.12. The van der Waals surface area contributed by atoms with Gasteiger partial charge in [-0.15, -0.1) is 0 Å². The maximum Gasteiger partial charge on any atom is 0.270 e. The Morgan fingerprint density at radius 1 is 1.27 bits per heavy atom. The second-order valence-corrected chi connectivity index (χ2v) is 5.86. The molecule has 2 N–H and O–H groups in total. The maximum absolute atomic E-state index is 12.3. The van der Waals surface area contributed by atoms with Gasteiger partial charge in [0, 0.05) is 44.0 Å². The number of carbonyl (C=O) groups excluding carboxylic acids is 1. The zero-order valence-corrected chi connectivity index (χ0v) is 14.8. The van der Waals surface area contributed by atoms with Crippen LogP contribution in [-0.4, -0.2) is 67.3 Å². The molecule has 0 saturated carbocycles. The first-order valence-electron chi connectivity index (χ1n) is 8.56. The number of morpholine rings is 1. The standard InChI is InChI=1S/C18H23N5O3/c1-25-15-4-2-3-14(11-15)22-17-12-16(20-13-21-17)18(24)19-5-6-23-7-9-26-10-8-23/h2-4,11-13H,5-10H2,1H3,(H,19,24)(H,20,21,22). The van der Waals surface area contributed by atoms with Gasteiger partial charge in [0.25, 0.3) is 5.91 Å². The summed E-state index contributed by atoms with van der Waals surface area (Å²) in [6, 6.07) is 9.11. The van der Waals surface area contributed by atoms with Crippen LogP contribution in [0.1, 0.15) is 10.5 Å². The van der Waals surface area contributed by atoms with Crippen molar-refractivity contribution in [3.05, 3.63) is 42.4 Å². The van der Waals surface area contributed by atoms with Gasteiger partial charge in [-0.05, 0) is 12.1 Å². The number of nitrogens with one attached hydrogen (secondary N) is 2. The summed E-state index contributed by atoms with van der Waals surface area (Å²) in [6.45, 7) is 4.67. The molecule has 8 heteroatoms. The molecule has 26 heavy (non-hydrogen) atoms. The van der Waals surface area contributed by atoms with Gasteiger partial charge in [-0.1, -0.05) is 6.07 Å². The summed E-state index contributed by atoms with van der Waals surface area (Å²) in [5.74, 6) is 1.08. The number of hydrogen-bond acceptors (Lipinski definition) is 7. The fourth-order valence-corrected chi connectivity index (χ4v) is 2.64. The molecule has 0 spiro atoms. The number of nitrogens with zero attached hydrogens (tertiary/aromatic N) is 3. The molecule has 138 valence electrons. The molecule has 2 heterocycles. The highest BCUT2D eigenvalue weighted by Gasteiger charge is 2.12. The zero-order valence-electron chi connectivity index (χ0n) is 14.8. The van der Waals surface area contributed by atoms with Gasteiger partial charge in [-0.3, -0.25) is 9.69 Å². The highest BCUT2D eigenvalue weighted by molar-refractivity contribution is 5.92. The van der Waals surface area contributed by atoms with E-state index in [-0.39, 0.29) is 5.91 Å². The molecule has 0 bridgehead atoms. The van der Waals surface area contributed by atoms with Crippen molar-refractivity contribution < 1.29 is 14.3 Å². The Balaban J connectivity index is 1.54. The average Bonchev–Trinajstić information content (AvgIpc) is 2.69. The van der Waals surface area contributed by atoms with Gasteiger partial charge in [0.2, 0.25) is 0 Å². The highest BCUT2D eigenvalue weighted by atomic mass is 16.5. The first kappa shape index (κ1) is 18.1.